The van der Waals surface area contributed by atoms with Crippen LogP contribution in [0.1, 0.15) is 35.3 Å². The maximum absolute atomic E-state index is 13.0. The lowest BCUT2D eigenvalue weighted by Gasteiger charge is -2.45. The highest BCUT2D eigenvalue weighted by Crippen LogP contribution is 2.45. The topological polar surface area (TPSA) is 74.9 Å². The second-order valence-corrected chi connectivity index (χ2v) is 11.0. The Bertz CT molecular complexity index is 1310. The van der Waals surface area contributed by atoms with Crippen molar-refractivity contribution in [1.82, 2.24) is 14.2 Å². The zero-order chi connectivity index (χ0) is 22.8. The second kappa shape index (κ2) is 7.50. The summed E-state index contributed by atoms with van der Waals surface area (Å²) >= 11 is 0. The van der Waals surface area contributed by atoms with Gasteiger partial charge in [-0.3, -0.25) is 4.90 Å². The maximum atomic E-state index is 13.0. The van der Waals surface area contributed by atoms with E-state index in [9.17, 15) is 8.42 Å². The van der Waals surface area contributed by atoms with Gasteiger partial charge in [0.15, 0.2) is 0 Å². The summed E-state index contributed by atoms with van der Waals surface area (Å²) in [7, 11) is 2.68. The van der Waals surface area contributed by atoms with Gasteiger partial charge in [-0.05, 0) is 66.8 Å². The van der Waals surface area contributed by atoms with Gasteiger partial charge in [0, 0.05) is 49.3 Å². The molecule has 0 aliphatic carbocycles. The molecule has 2 aliphatic heterocycles. The predicted molar refractivity (Wildman–Crippen MR) is 124 cm³/mol. The Balaban J connectivity index is 1.67. The summed E-state index contributed by atoms with van der Waals surface area (Å²) in [4.78, 5) is 6.30. The lowest BCUT2D eigenvalue weighted by Crippen LogP contribution is -2.45. The number of rotatable bonds is 4. The van der Waals surface area contributed by atoms with Crippen LogP contribution in [0.2, 0.25) is 0 Å². The Morgan fingerprint density at radius 2 is 1.88 bits per heavy atom. The maximum Gasteiger partial charge on any atom is 0.246 e. The lowest BCUT2D eigenvalue weighted by molar-refractivity contribution is 0.104. The normalized spacial score (nSPS) is 20.7. The molecule has 1 unspecified atom stereocenters. The van der Waals surface area contributed by atoms with E-state index in [0.717, 1.165) is 41.8 Å². The molecule has 0 spiro atoms. The first kappa shape index (κ1) is 21.3. The molecule has 0 radical (unpaired) electrons. The van der Waals surface area contributed by atoms with E-state index in [1.54, 1.807) is 21.2 Å². The van der Waals surface area contributed by atoms with Gasteiger partial charge in [-0.25, -0.2) is 12.7 Å². The molecule has 5 rings (SSSR count). The molecule has 1 N–H and O–H groups in total. The summed E-state index contributed by atoms with van der Waals surface area (Å²) < 4.78 is 38.3. The van der Waals surface area contributed by atoms with Gasteiger partial charge in [-0.2, -0.15) is 0 Å². The molecule has 2 aromatic carbocycles. The highest BCUT2D eigenvalue weighted by molar-refractivity contribution is 7.89. The Morgan fingerprint density at radius 1 is 1.09 bits per heavy atom. The molecule has 1 aromatic heterocycles. The van der Waals surface area contributed by atoms with Crippen molar-refractivity contribution in [1.29, 1.82) is 0 Å². The minimum Gasteiger partial charge on any atom is -0.497 e. The van der Waals surface area contributed by atoms with Crippen molar-refractivity contribution in [2.75, 3.05) is 28.3 Å². The monoisotopic (exact) mass is 455 g/mol. The SMILES string of the molecule is COc1ccc2[nH]c3c(c2c1)C[C@H]1c2cc(S(=O)(=O)N(C)C)c(OC)cc2CC(C)N1C3. The van der Waals surface area contributed by atoms with Crippen LogP contribution in [0, 0.1) is 0 Å². The van der Waals surface area contributed by atoms with Crippen molar-refractivity contribution < 1.29 is 17.9 Å². The van der Waals surface area contributed by atoms with Gasteiger partial charge in [0.2, 0.25) is 10.0 Å². The Kier molecular flexibility index (Phi) is 5.00. The molecule has 0 saturated heterocycles. The molecule has 2 atom stereocenters. The number of fused-ring (bicyclic) bond motifs is 6. The van der Waals surface area contributed by atoms with Crippen LogP contribution in [0.15, 0.2) is 35.2 Å². The number of hydrogen-bond donors (Lipinski definition) is 1. The minimum atomic E-state index is -3.63. The number of sulfonamides is 1. The number of hydrogen-bond acceptors (Lipinski definition) is 5. The smallest absolute Gasteiger partial charge is 0.246 e. The van der Waals surface area contributed by atoms with Crippen molar-refractivity contribution in [3.05, 3.63) is 52.7 Å². The largest absolute Gasteiger partial charge is 0.497 e. The van der Waals surface area contributed by atoms with Crippen LogP contribution in [-0.4, -0.2) is 57.0 Å². The van der Waals surface area contributed by atoms with Crippen LogP contribution in [0.3, 0.4) is 0 Å². The fourth-order valence-electron chi connectivity index (χ4n) is 5.23. The molecular weight excluding hydrogens is 426 g/mol. The summed E-state index contributed by atoms with van der Waals surface area (Å²) in [6.07, 6.45) is 1.67. The van der Waals surface area contributed by atoms with Crippen LogP contribution in [0.25, 0.3) is 10.9 Å². The van der Waals surface area contributed by atoms with E-state index in [1.807, 2.05) is 18.2 Å². The minimum absolute atomic E-state index is 0.105. The van der Waals surface area contributed by atoms with E-state index in [-0.39, 0.29) is 10.9 Å². The standard InChI is InChI=1S/C24H29N3O4S/c1-14-8-15-9-23(31-5)24(32(28,29)26(2)3)12-17(15)22-11-19-18-10-16(30-4)6-7-20(18)25-21(19)13-27(14)22/h6-7,9-10,12,14,22,25H,8,11,13H2,1-5H3/t14?,22-/m0/s1. The van der Waals surface area contributed by atoms with E-state index < -0.39 is 10.0 Å². The molecule has 0 amide bonds. The highest BCUT2D eigenvalue weighted by Gasteiger charge is 2.39. The average Bonchev–Trinajstić information content (AvgIpc) is 3.13. The van der Waals surface area contributed by atoms with Crippen LogP contribution in [-0.2, 0) is 29.4 Å². The summed E-state index contributed by atoms with van der Waals surface area (Å²) in [6.45, 7) is 3.04. The van der Waals surface area contributed by atoms with Crippen LogP contribution < -0.4 is 9.47 Å². The van der Waals surface area contributed by atoms with E-state index in [2.05, 4.69) is 28.9 Å². The van der Waals surface area contributed by atoms with Gasteiger partial charge in [0.25, 0.3) is 0 Å². The summed E-state index contributed by atoms with van der Waals surface area (Å²) in [6, 6.07) is 10.3. The Hall–Kier alpha value is -2.55. The quantitative estimate of drug-likeness (QED) is 0.652. The molecule has 3 heterocycles. The van der Waals surface area contributed by atoms with Gasteiger partial charge < -0.3 is 14.5 Å². The van der Waals surface area contributed by atoms with Crippen LogP contribution >= 0.6 is 0 Å². The summed E-state index contributed by atoms with van der Waals surface area (Å²) in [5, 5.41) is 1.17. The third-order valence-corrected chi connectivity index (χ3v) is 8.80. The zero-order valence-corrected chi connectivity index (χ0v) is 19.9. The number of H-pyrrole nitrogens is 1. The number of nitrogens with one attached hydrogen (secondary N) is 1. The molecule has 0 bridgehead atoms. The molecular formula is C24H29N3O4S. The molecule has 3 aromatic rings. The first-order chi connectivity index (χ1) is 15.2. The van der Waals surface area contributed by atoms with Crippen molar-refractivity contribution in [3.63, 3.8) is 0 Å². The first-order valence-corrected chi connectivity index (χ1v) is 12.2. The van der Waals surface area contributed by atoms with Gasteiger partial charge in [-0.15, -0.1) is 0 Å². The molecule has 0 saturated carbocycles. The number of nitrogens with zero attached hydrogens (tertiary/aromatic N) is 2. The highest BCUT2D eigenvalue weighted by atomic mass is 32.2. The van der Waals surface area contributed by atoms with E-state index in [1.165, 1.54) is 28.1 Å². The predicted octanol–water partition coefficient (Wildman–Crippen LogP) is 3.48. The Labute approximate surface area is 189 Å². The first-order valence-electron chi connectivity index (χ1n) is 10.8. The number of benzene rings is 2. The third-order valence-electron chi connectivity index (χ3n) is 6.96. The molecule has 0 fully saturated rings. The molecule has 2 aliphatic rings. The van der Waals surface area contributed by atoms with Gasteiger partial charge >= 0.3 is 0 Å². The lowest BCUT2D eigenvalue weighted by atomic mass is 9.82. The summed E-state index contributed by atoms with van der Waals surface area (Å²) in [5.41, 5.74) is 5.86. The van der Waals surface area contributed by atoms with Gasteiger partial charge in [0.1, 0.15) is 16.4 Å². The molecule has 170 valence electrons. The second-order valence-electron chi connectivity index (χ2n) is 8.93. The van der Waals surface area contributed by atoms with E-state index in [0.29, 0.717) is 11.8 Å². The van der Waals surface area contributed by atoms with Crippen molar-refractivity contribution in [3.8, 4) is 11.5 Å². The van der Waals surface area contributed by atoms with Crippen molar-refractivity contribution in [2.24, 2.45) is 0 Å². The van der Waals surface area contributed by atoms with Crippen molar-refractivity contribution in [2.45, 2.75) is 43.3 Å². The van der Waals surface area contributed by atoms with Crippen LogP contribution in [0.5, 0.6) is 11.5 Å². The molecule has 8 heteroatoms. The van der Waals surface area contributed by atoms with E-state index >= 15 is 0 Å². The van der Waals surface area contributed by atoms with E-state index in [4.69, 9.17) is 9.47 Å². The summed E-state index contributed by atoms with van der Waals surface area (Å²) in [5.74, 6) is 1.25. The zero-order valence-electron chi connectivity index (χ0n) is 19.1. The Morgan fingerprint density at radius 3 is 2.56 bits per heavy atom. The fourth-order valence-corrected chi connectivity index (χ4v) is 6.30. The van der Waals surface area contributed by atoms with Gasteiger partial charge in [-0.1, -0.05) is 0 Å². The number of aromatic nitrogens is 1. The average molecular weight is 456 g/mol. The number of aromatic amines is 1. The van der Waals surface area contributed by atoms with Crippen molar-refractivity contribution >= 4 is 20.9 Å². The number of methoxy groups -OCH3 is 2. The third kappa shape index (κ3) is 3.12. The molecule has 7 nitrogen and oxygen atoms in total. The van der Waals surface area contributed by atoms with Gasteiger partial charge in [0.05, 0.1) is 14.2 Å². The fraction of sp³-hybridized carbons (Fsp3) is 0.417. The number of ether oxygens (including phenoxy) is 2. The van der Waals surface area contributed by atoms with Crippen LogP contribution in [0.4, 0.5) is 0 Å². The molecule has 32 heavy (non-hydrogen) atoms.